The maximum Gasteiger partial charge on any atom is 0.314 e. The lowest BCUT2D eigenvalue weighted by Gasteiger charge is -2.24. The van der Waals surface area contributed by atoms with Crippen molar-refractivity contribution >= 4 is 16.9 Å². The molecule has 0 spiro atoms. The van der Waals surface area contributed by atoms with Crippen LogP contribution in [0.5, 0.6) is 0 Å². The van der Waals surface area contributed by atoms with Crippen LogP contribution in [0.25, 0.3) is 11.0 Å². The summed E-state index contributed by atoms with van der Waals surface area (Å²) in [5, 5.41) is 9.84. The number of aliphatic carboxylic acids is 1. The van der Waals surface area contributed by atoms with E-state index < -0.39 is 17.2 Å². The Hall–Kier alpha value is -1.84. The van der Waals surface area contributed by atoms with E-state index in [1.54, 1.807) is 18.2 Å². The van der Waals surface area contributed by atoms with E-state index in [1.165, 1.54) is 6.26 Å². The first-order valence-corrected chi connectivity index (χ1v) is 6.05. The Morgan fingerprint density at radius 2 is 2.00 bits per heavy atom. The van der Waals surface area contributed by atoms with Crippen molar-refractivity contribution in [2.75, 3.05) is 0 Å². The summed E-state index contributed by atoms with van der Waals surface area (Å²) in [5.74, 6) is -1.38. The van der Waals surface area contributed by atoms with Crippen LogP contribution in [0.1, 0.15) is 31.2 Å². The molecule has 1 aliphatic carbocycles. The molecule has 1 aromatic heterocycles. The highest BCUT2D eigenvalue weighted by molar-refractivity contribution is 5.86. The van der Waals surface area contributed by atoms with Gasteiger partial charge >= 0.3 is 5.97 Å². The van der Waals surface area contributed by atoms with Gasteiger partial charge in [0.15, 0.2) is 0 Å². The average molecular weight is 248 g/mol. The number of carboxylic acids is 1. The highest BCUT2D eigenvalue weighted by Crippen LogP contribution is 2.43. The van der Waals surface area contributed by atoms with Crippen molar-refractivity contribution in [2.45, 2.75) is 31.1 Å². The third kappa shape index (κ3) is 1.38. The molecule has 2 aromatic rings. The van der Waals surface area contributed by atoms with Crippen LogP contribution >= 0.6 is 0 Å². The van der Waals surface area contributed by atoms with Crippen molar-refractivity contribution in [3.05, 3.63) is 35.8 Å². The molecule has 0 amide bonds. The standard InChI is InChI=1S/C14H13FO3/c15-12-9-5-8-18-11(9)4-3-10(12)14(13(16)17)6-1-2-7-14/h3-5,8H,1-2,6-7H2,(H,16,17). The number of furan rings is 1. The number of hydrogen-bond donors (Lipinski definition) is 1. The highest BCUT2D eigenvalue weighted by atomic mass is 19.1. The van der Waals surface area contributed by atoms with Crippen molar-refractivity contribution < 1.29 is 18.7 Å². The molecule has 3 nitrogen and oxygen atoms in total. The van der Waals surface area contributed by atoms with Crippen molar-refractivity contribution in [1.29, 1.82) is 0 Å². The number of fused-ring (bicyclic) bond motifs is 1. The van der Waals surface area contributed by atoms with Crippen molar-refractivity contribution in [3.63, 3.8) is 0 Å². The molecule has 0 bridgehead atoms. The van der Waals surface area contributed by atoms with Crippen molar-refractivity contribution in [1.82, 2.24) is 0 Å². The molecule has 94 valence electrons. The van der Waals surface area contributed by atoms with Gasteiger partial charge < -0.3 is 9.52 Å². The molecule has 1 saturated carbocycles. The molecule has 1 aliphatic rings. The fourth-order valence-electron chi connectivity index (χ4n) is 2.96. The summed E-state index contributed by atoms with van der Waals surface area (Å²) in [4.78, 5) is 11.6. The maximum atomic E-state index is 14.4. The highest BCUT2D eigenvalue weighted by Gasteiger charge is 2.45. The van der Waals surface area contributed by atoms with Gasteiger partial charge in [0.1, 0.15) is 11.4 Å². The molecule has 1 aromatic carbocycles. The predicted octanol–water partition coefficient (Wildman–Crippen LogP) is 3.47. The summed E-state index contributed by atoms with van der Waals surface area (Å²) in [6.07, 6.45) is 4.08. The maximum absolute atomic E-state index is 14.4. The quantitative estimate of drug-likeness (QED) is 0.885. The van der Waals surface area contributed by atoms with Crippen LogP contribution in [0, 0.1) is 5.82 Å². The van der Waals surface area contributed by atoms with E-state index in [-0.39, 0.29) is 0 Å². The van der Waals surface area contributed by atoms with Gasteiger partial charge in [-0.2, -0.15) is 0 Å². The van der Waals surface area contributed by atoms with Crippen molar-refractivity contribution in [3.8, 4) is 0 Å². The van der Waals surface area contributed by atoms with Crippen LogP contribution in [0.4, 0.5) is 4.39 Å². The lowest BCUT2D eigenvalue weighted by Crippen LogP contribution is -2.33. The van der Waals surface area contributed by atoms with E-state index in [0.29, 0.717) is 29.4 Å². The fraction of sp³-hybridized carbons (Fsp3) is 0.357. The lowest BCUT2D eigenvalue weighted by molar-refractivity contribution is -0.143. The Labute approximate surface area is 103 Å². The molecule has 4 heteroatoms. The summed E-state index contributed by atoms with van der Waals surface area (Å²) in [5.41, 5.74) is -0.314. The SMILES string of the molecule is O=C(O)C1(c2ccc3occc3c2F)CCCC1. The number of carboxylic acid groups (broad SMARTS) is 1. The summed E-state index contributed by atoms with van der Waals surface area (Å²) in [6.45, 7) is 0. The molecule has 0 atom stereocenters. The molecule has 0 unspecified atom stereocenters. The predicted molar refractivity (Wildman–Crippen MR) is 64.0 cm³/mol. The van der Waals surface area contributed by atoms with Crippen LogP contribution in [-0.2, 0) is 10.2 Å². The third-order valence-corrected chi connectivity index (χ3v) is 3.95. The molecule has 0 radical (unpaired) electrons. The zero-order chi connectivity index (χ0) is 12.8. The van der Waals surface area contributed by atoms with E-state index in [2.05, 4.69) is 0 Å². The molecule has 18 heavy (non-hydrogen) atoms. The molecule has 1 heterocycles. The minimum atomic E-state index is -1.06. The van der Waals surface area contributed by atoms with Gasteiger partial charge in [0, 0.05) is 5.56 Å². The average Bonchev–Trinajstić information content (AvgIpc) is 2.98. The van der Waals surface area contributed by atoms with E-state index in [1.807, 2.05) is 0 Å². The normalized spacial score (nSPS) is 18.3. The molecule has 1 N–H and O–H groups in total. The Kier molecular flexibility index (Phi) is 2.40. The van der Waals surface area contributed by atoms with E-state index in [9.17, 15) is 14.3 Å². The van der Waals surface area contributed by atoms with Crippen LogP contribution < -0.4 is 0 Å². The first-order valence-electron chi connectivity index (χ1n) is 6.05. The lowest BCUT2D eigenvalue weighted by atomic mass is 9.78. The molecule has 0 aliphatic heterocycles. The van der Waals surface area contributed by atoms with E-state index in [4.69, 9.17) is 4.42 Å². The minimum Gasteiger partial charge on any atom is -0.481 e. The van der Waals surface area contributed by atoms with Gasteiger partial charge in [0.05, 0.1) is 17.1 Å². The Morgan fingerprint density at radius 1 is 1.28 bits per heavy atom. The number of rotatable bonds is 2. The fourth-order valence-corrected chi connectivity index (χ4v) is 2.96. The van der Waals surface area contributed by atoms with E-state index >= 15 is 0 Å². The van der Waals surface area contributed by atoms with E-state index in [0.717, 1.165) is 12.8 Å². The van der Waals surface area contributed by atoms with Crippen LogP contribution in [0.3, 0.4) is 0 Å². The van der Waals surface area contributed by atoms with Gasteiger partial charge in [-0.15, -0.1) is 0 Å². The summed E-state index contributed by atoms with van der Waals surface area (Å²) < 4.78 is 19.6. The van der Waals surface area contributed by atoms with Gasteiger partial charge in [0.2, 0.25) is 0 Å². The second kappa shape index (κ2) is 3.83. The molecule has 3 rings (SSSR count). The summed E-state index contributed by atoms with van der Waals surface area (Å²) >= 11 is 0. The van der Waals surface area contributed by atoms with Crippen LogP contribution in [0.15, 0.2) is 28.9 Å². The summed E-state index contributed by atoms with van der Waals surface area (Å²) in [7, 11) is 0. The monoisotopic (exact) mass is 248 g/mol. The van der Waals surface area contributed by atoms with Crippen LogP contribution in [-0.4, -0.2) is 11.1 Å². The topological polar surface area (TPSA) is 50.4 Å². The molecule has 0 saturated heterocycles. The number of benzene rings is 1. The van der Waals surface area contributed by atoms with Gasteiger partial charge in [-0.05, 0) is 25.0 Å². The summed E-state index contributed by atoms with van der Waals surface area (Å²) in [6, 6.07) is 4.75. The minimum absolute atomic E-state index is 0.293. The van der Waals surface area contributed by atoms with Crippen LogP contribution in [0.2, 0.25) is 0 Å². The van der Waals surface area contributed by atoms with Gasteiger partial charge in [0.25, 0.3) is 0 Å². The number of carbonyl (C=O) groups is 1. The molecule has 1 fully saturated rings. The Morgan fingerprint density at radius 3 is 2.67 bits per heavy atom. The van der Waals surface area contributed by atoms with Crippen molar-refractivity contribution in [2.24, 2.45) is 0 Å². The zero-order valence-corrected chi connectivity index (χ0v) is 9.78. The zero-order valence-electron chi connectivity index (χ0n) is 9.78. The Bertz CT molecular complexity index is 609. The molecular weight excluding hydrogens is 235 g/mol. The number of hydrogen-bond acceptors (Lipinski definition) is 2. The molecular formula is C14H13FO3. The third-order valence-electron chi connectivity index (χ3n) is 3.95. The van der Waals surface area contributed by atoms with Gasteiger partial charge in [-0.1, -0.05) is 18.9 Å². The number of halogens is 1. The van der Waals surface area contributed by atoms with Gasteiger partial charge in [-0.25, -0.2) is 4.39 Å². The second-order valence-electron chi connectivity index (χ2n) is 4.85. The Balaban J connectivity index is 2.23. The van der Waals surface area contributed by atoms with Gasteiger partial charge in [-0.3, -0.25) is 4.79 Å². The largest absolute Gasteiger partial charge is 0.481 e. The smallest absolute Gasteiger partial charge is 0.314 e. The first-order chi connectivity index (χ1) is 8.65. The first kappa shape index (κ1) is 11.3. The second-order valence-corrected chi connectivity index (χ2v) is 4.85.